The van der Waals surface area contributed by atoms with Gasteiger partial charge < -0.3 is 19.3 Å². The molecule has 0 saturated carbocycles. The molecule has 2 rings (SSSR count). The van der Waals surface area contributed by atoms with Crippen molar-refractivity contribution in [3.05, 3.63) is 23.8 Å². The normalized spacial score (nSPS) is 16.0. The number of rotatable bonds is 6. The summed E-state index contributed by atoms with van der Waals surface area (Å²) in [6.07, 6.45) is -5.15. The van der Waals surface area contributed by atoms with E-state index in [4.69, 9.17) is 9.47 Å². The molecular weight excluding hydrogens is 439 g/mol. The zero-order chi connectivity index (χ0) is 25.2. The first kappa shape index (κ1) is 26.9. The van der Waals surface area contributed by atoms with Gasteiger partial charge in [-0.15, -0.1) is 0 Å². The van der Waals surface area contributed by atoms with Crippen LogP contribution in [-0.2, 0) is 14.3 Å². The predicted molar refractivity (Wildman–Crippen MR) is 121 cm³/mol. The lowest BCUT2D eigenvalue weighted by Gasteiger charge is -2.40. The number of alkyl halides is 3. The summed E-state index contributed by atoms with van der Waals surface area (Å²) in [4.78, 5) is 30.4. The molecule has 0 spiro atoms. The maximum absolute atomic E-state index is 13.7. The molecule has 7 nitrogen and oxygen atoms in total. The van der Waals surface area contributed by atoms with Crippen molar-refractivity contribution in [3.63, 3.8) is 0 Å². The van der Waals surface area contributed by atoms with Crippen molar-refractivity contribution in [3.8, 4) is 0 Å². The molecule has 1 aromatic carbocycles. The summed E-state index contributed by atoms with van der Waals surface area (Å²) in [5.41, 5.74) is -1.93. The number of amides is 1. The zero-order valence-corrected chi connectivity index (χ0v) is 20.4. The molecule has 0 aliphatic carbocycles. The number of methoxy groups -OCH3 is 1. The molecule has 33 heavy (non-hydrogen) atoms. The van der Waals surface area contributed by atoms with Gasteiger partial charge in [0.1, 0.15) is 5.60 Å². The molecule has 1 aliphatic rings. The number of benzene rings is 1. The van der Waals surface area contributed by atoms with Crippen LogP contribution in [0.1, 0.15) is 45.0 Å². The second kappa shape index (κ2) is 9.89. The molecule has 0 aromatic heterocycles. The van der Waals surface area contributed by atoms with Crippen molar-refractivity contribution in [2.24, 2.45) is 0 Å². The van der Waals surface area contributed by atoms with Crippen LogP contribution in [0.2, 0.25) is 0 Å². The van der Waals surface area contributed by atoms with E-state index in [9.17, 15) is 22.8 Å². The van der Waals surface area contributed by atoms with E-state index in [-0.39, 0.29) is 17.9 Å². The van der Waals surface area contributed by atoms with Crippen molar-refractivity contribution >= 4 is 23.3 Å². The quantitative estimate of drug-likeness (QED) is 0.587. The molecule has 1 amide bonds. The van der Waals surface area contributed by atoms with Crippen LogP contribution in [0.3, 0.4) is 0 Å². The van der Waals surface area contributed by atoms with Gasteiger partial charge in [0.05, 0.1) is 23.4 Å². The van der Waals surface area contributed by atoms with Crippen LogP contribution in [-0.4, -0.2) is 81.0 Å². The van der Waals surface area contributed by atoms with Gasteiger partial charge in [0.15, 0.2) is 0 Å². The Hall–Kier alpha value is -2.33. The molecule has 1 aromatic rings. The number of carbonyl (C=O) groups is 2. The van der Waals surface area contributed by atoms with Gasteiger partial charge in [0.2, 0.25) is 0 Å². The number of hydrogen-bond acceptors (Lipinski definition) is 6. The predicted octanol–water partition coefficient (Wildman–Crippen LogP) is 3.71. The Morgan fingerprint density at radius 3 is 2.09 bits per heavy atom. The summed E-state index contributed by atoms with van der Waals surface area (Å²) in [5, 5.41) is 0. The number of anilines is 2. The topological polar surface area (TPSA) is 62.3 Å². The van der Waals surface area contributed by atoms with E-state index in [1.807, 2.05) is 11.9 Å². The number of ether oxygens (including phenoxy) is 2. The standard InChI is InChI=1S/C23H34F3N3O4/c1-21(2,3)33-19(30)17-9-8-16(28-12-10-27(6)11-13-28)14-18(17)29(20(31)23(24,25)26)22(4,5)15-32-7/h8-9,14H,10-13,15H2,1-7H3. The summed E-state index contributed by atoms with van der Waals surface area (Å²) < 4.78 is 51.6. The van der Waals surface area contributed by atoms with Gasteiger partial charge in [0.25, 0.3) is 0 Å². The highest BCUT2D eigenvalue weighted by atomic mass is 19.4. The van der Waals surface area contributed by atoms with Crippen LogP contribution in [0.5, 0.6) is 0 Å². The molecule has 1 aliphatic heterocycles. The Balaban J connectivity index is 2.69. The van der Waals surface area contributed by atoms with Crippen LogP contribution < -0.4 is 9.80 Å². The smallest absolute Gasteiger partial charge is 0.456 e. The second-order valence-corrected chi connectivity index (χ2v) is 9.88. The van der Waals surface area contributed by atoms with Crippen molar-refractivity contribution in [1.82, 2.24) is 4.90 Å². The maximum atomic E-state index is 13.7. The highest BCUT2D eigenvalue weighted by Gasteiger charge is 2.49. The van der Waals surface area contributed by atoms with Gasteiger partial charge in [-0.1, -0.05) is 0 Å². The molecule has 0 bridgehead atoms. The fourth-order valence-corrected chi connectivity index (χ4v) is 3.73. The molecule has 1 saturated heterocycles. The minimum absolute atomic E-state index is 0.121. The molecule has 10 heteroatoms. The van der Waals surface area contributed by atoms with E-state index in [0.29, 0.717) is 23.7 Å². The van der Waals surface area contributed by atoms with Gasteiger partial charge in [-0.2, -0.15) is 13.2 Å². The number of carbonyl (C=O) groups excluding carboxylic acids is 2. The minimum atomic E-state index is -5.15. The average molecular weight is 474 g/mol. The molecular formula is C23H34F3N3O4. The number of hydrogen-bond donors (Lipinski definition) is 0. The van der Waals surface area contributed by atoms with Gasteiger partial charge in [-0.05, 0) is 59.9 Å². The lowest BCUT2D eigenvalue weighted by atomic mass is 9.99. The van der Waals surface area contributed by atoms with Gasteiger partial charge >= 0.3 is 18.1 Å². The Morgan fingerprint density at radius 1 is 1.03 bits per heavy atom. The summed E-state index contributed by atoms with van der Waals surface area (Å²) in [6, 6.07) is 4.57. The zero-order valence-electron chi connectivity index (χ0n) is 20.4. The van der Waals surface area contributed by atoms with E-state index >= 15 is 0 Å². The van der Waals surface area contributed by atoms with Gasteiger partial charge in [-0.3, -0.25) is 9.69 Å². The van der Waals surface area contributed by atoms with Crippen LogP contribution in [0.15, 0.2) is 18.2 Å². The van der Waals surface area contributed by atoms with E-state index in [2.05, 4.69) is 4.90 Å². The van der Waals surface area contributed by atoms with Crippen LogP contribution >= 0.6 is 0 Å². The van der Waals surface area contributed by atoms with Crippen molar-refractivity contribution < 1.29 is 32.2 Å². The molecule has 0 N–H and O–H groups in total. The van der Waals surface area contributed by atoms with Crippen molar-refractivity contribution in [2.45, 2.75) is 51.9 Å². The first-order chi connectivity index (χ1) is 15.1. The summed E-state index contributed by atoms with van der Waals surface area (Å²) in [6.45, 7) is 10.6. The lowest BCUT2D eigenvalue weighted by molar-refractivity contribution is -0.172. The molecule has 0 unspecified atom stereocenters. The minimum Gasteiger partial charge on any atom is -0.456 e. The van der Waals surface area contributed by atoms with E-state index in [1.54, 1.807) is 26.8 Å². The third-order valence-corrected chi connectivity index (χ3v) is 5.26. The highest BCUT2D eigenvalue weighted by Crippen LogP contribution is 2.36. The van der Waals surface area contributed by atoms with Crippen LogP contribution in [0.4, 0.5) is 24.5 Å². The van der Waals surface area contributed by atoms with Crippen LogP contribution in [0, 0.1) is 0 Å². The van der Waals surface area contributed by atoms with E-state index < -0.39 is 29.2 Å². The molecule has 1 fully saturated rings. The number of esters is 1. The maximum Gasteiger partial charge on any atom is 0.471 e. The van der Waals surface area contributed by atoms with Gasteiger partial charge in [-0.25, -0.2) is 4.79 Å². The van der Waals surface area contributed by atoms with Crippen molar-refractivity contribution in [1.29, 1.82) is 0 Å². The monoisotopic (exact) mass is 473 g/mol. The number of nitrogens with zero attached hydrogens (tertiary/aromatic N) is 3. The average Bonchev–Trinajstić information content (AvgIpc) is 2.66. The van der Waals surface area contributed by atoms with E-state index in [1.165, 1.54) is 33.1 Å². The summed E-state index contributed by atoms with van der Waals surface area (Å²) in [5.74, 6) is -2.89. The lowest BCUT2D eigenvalue weighted by Crippen LogP contribution is -2.56. The number of halogens is 3. The Morgan fingerprint density at radius 2 is 1.61 bits per heavy atom. The SMILES string of the molecule is COCC(C)(C)N(C(=O)C(F)(F)F)c1cc(N2CCN(C)CC2)ccc1C(=O)OC(C)(C)C. The Bertz CT molecular complexity index is 857. The largest absolute Gasteiger partial charge is 0.471 e. The summed E-state index contributed by atoms with van der Waals surface area (Å²) in [7, 11) is 3.33. The third kappa shape index (κ3) is 6.83. The van der Waals surface area contributed by atoms with E-state index in [0.717, 1.165) is 13.1 Å². The third-order valence-electron chi connectivity index (χ3n) is 5.26. The fraction of sp³-hybridized carbons (Fsp3) is 0.652. The summed E-state index contributed by atoms with van der Waals surface area (Å²) >= 11 is 0. The number of likely N-dealkylation sites (N-methyl/N-ethyl adjacent to an activating group) is 1. The van der Waals surface area contributed by atoms with Crippen molar-refractivity contribution in [2.75, 3.05) is 56.7 Å². The Kier molecular flexibility index (Phi) is 8.06. The fourth-order valence-electron chi connectivity index (χ4n) is 3.73. The Labute approximate surface area is 193 Å². The first-order valence-electron chi connectivity index (χ1n) is 10.8. The van der Waals surface area contributed by atoms with Crippen LogP contribution in [0.25, 0.3) is 0 Å². The highest BCUT2D eigenvalue weighted by molar-refractivity contribution is 6.06. The number of piperazine rings is 1. The molecule has 0 radical (unpaired) electrons. The first-order valence-corrected chi connectivity index (χ1v) is 10.8. The second-order valence-electron chi connectivity index (χ2n) is 9.88. The molecule has 186 valence electrons. The van der Waals surface area contributed by atoms with Gasteiger partial charge in [0, 0.05) is 39.0 Å². The molecule has 0 atom stereocenters. The molecule has 1 heterocycles.